The van der Waals surface area contributed by atoms with Gasteiger partial charge in [0, 0.05) is 25.4 Å². The lowest BCUT2D eigenvalue weighted by atomic mass is 9.95. The number of H-pyrrole nitrogens is 1. The summed E-state index contributed by atoms with van der Waals surface area (Å²) in [6.07, 6.45) is 2.03. The number of amides is 1. The van der Waals surface area contributed by atoms with Crippen LogP contribution in [0.4, 0.5) is 4.39 Å². The van der Waals surface area contributed by atoms with E-state index < -0.39 is 0 Å². The van der Waals surface area contributed by atoms with Gasteiger partial charge in [0.2, 0.25) is 5.91 Å². The number of halogens is 1. The van der Waals surface area contributed by atoms with Crippen LogP contribution in [0.2, 0.25) is 0 Å². The molecule has 30 heavy (non-hydrogen) atoms. The van der Waals surface area contributed by atoms with Crippen LogP contribution in [0.1, 0.15) is 50.4 Å². The van der Waals surface area contributed by atoms with Crippen LogP contribution in [-0.4, -0.2) is 48.9 Å². The number of carbonyl (C=O) groups is 1. The number of benzene rings is 1. The largest absolute Gasteiger partial charge is 0.343 e. The first-order valence-corrected chi connectivity index (χ1v) is 10.3. The number of rotatable bonds is 5. The van der Waals surface area contributed by atoms with E-state index in [4.69, 9.17) is 0 Å². The molecule has 3 heterocycles. The molecule has 1 aliphatic heterocycles. The molecule has 1 N–H and O–H groups in total. The Hall–Kier alpha value is -3.10. The third-order valence-electron chi connectivity index (χ3n) is 5.43. The van der Waals surface area contributed by atoms with Gasteiger partial charge in [0.15, 0.2) is 11.2 Å². The molecule has 0 bridgehead atoms. The molecule has 0 unspecified atom stereocenters. The Labute approximate surface area is 173 Å². The maximum atomic E-state index is 13.5. The molecule has 1 aliphatic rings. The zero-order valence-corrected chi connectivity index (χ0v) is 17.1. The van der Waals surface area contributed by atoms with Crippen molar-refractivity contribution in [2.75, 3.05) is 13.1 Å². The number of aromatic amines is 1. The van der Waals surface area contributed by atoms with Gasteiger partial charge < -0.3 is 9.88 Å². The Kier molecular flexibility index (Phi) is 5.61. The highest BCUT2D eigenvalue weighted by atomic mass is 19.1. The highest BCUT2D eigenvalue weighted by Gasteiger charge is 2.26. The molecular formula is C21H25FN6O2. The van der Waals surface area contributed by atoms with Gasteiger partial charge >= 0.3 is 0 Å². The molecule has 0 atom stereocenters. The van der Waals surface area contributed by atoms with Gasteiger partial charge in [-0.15, -0.1) is 5.10 Å². The molecule has 3 aromatic rings. The summed E-state index contributed by atoms with van der Waals surface area (Å²) in [7, 11) is 0. The van der Waals surface area contributed by atoms with Gasteiger partial charge in [-0.25, -0.2) is 14.1 Å². The summed E-state index contributed by atoms with van der Waals surface area (Å²) < 4.78 is 15.0. The van der Waals surface area contributed by atoms with Crippen molar-refractivity contribution in [1.29, 1.82) is 0 Å². The van der Waals surface area contributed by atoms with Crippen LogP contribution in [0.25, 0.3) is 11.2 Å². The molecule has 1 amide bonds. The van der Waals surface area contributed by atoms with Gasteiger partial charge in [-0.2, -0.15) is 0 Å². The Morgan fingerprint density at radius 1 is 1.30 bits per heavy atom. The monoisotopic (exact) mass is 412 g/mol. The molecule has 8 nitrogen and oxygen atoms in total. The Morgan fingerprint density at radius 2 is 2.07 bits per heavy atom. The third kappa shape index (κ3) is 4.24. The maximum absolute atomic E-state index is 13.5. The molecule has 0 aliphatic carbocycles. The lowest BCUT2D eigenvalue weighted by Gasteiger charge is -2.32. The van der Waals surface area contributed by atoms with E-state index in [1.54, 1.807) is 12.1 Å². The minimum Gasteiger partial charge on any atom is -0.343 e. The highest BCUT2D eigenvalue weighted by molar-refractivity contribution is 5.76. The van der Waals surface area contributed by atoms with Gasteiger partial charge in [0.1, 0.15) is 11.6 Å². The first-order valence-electron chi connectivity index (χ1n) is 10.3. The van der Waals surface area contributed by atoms with E-state index in [-0.39, 0.29) is 35.3 Å². The topological polar surface area (TPSA) is 96.8 Å². The number of aromatic nitrogens is 5. The first kappa shape index (κ1) is 20.2. The summed E-state index contributed by atoms with van der Waals surface area (Å²) in [4.78, 5) is 34.2. The lowest BCUT2D eigenvalue weighted by Crippen LogP contribution is -2.38. The van der Waals surface area contributed by atoms with Crippen LogP contribution in [0.5, 0.6) is 0 Å². The van der Waals surface area contributed by atoms with Crippen molar-refractivity contribution in [1.82, 2.24) is 29.9 Å². The highest BCUT2D eigenvalue weighted by Crippen LogP contribution is 2.26. The zero-order chi connectivity index (χ0) is 21.3. The molecule has 1 fully saturated rings. The van der Waals surface area contributed by atoms with Crippen LogP contribution in [-0.2, 0) is 11.3 Å². The smallest absolute Gasteiger partial charge is 0.281 e. The van der Waals surface area contributed by atoms with Crippen molar-refractivity contribution in [3.8, 4) is 0 Å². The molecule has 0 saturated carbocycles. The van der Waals surface area contributed by atoms with Gasteiger partial charge in [-0.1, -0.05) is 31.2 Å². The number of nitrogens with zero attached hydrogens (tertiary/aromatic N) is 5. The van der Waals surface area contributed by atoms with Crippen molar-refractivity contribution in [3.63, 3.8) is 0 Å². The second-order valence-electron chi connectivity index (χ2n) is 8.25. The van der Waals surface area contributed by atoms with Crippen LogP contribution in [0, 0.1) is 11.7 Å². The van der Waals surface area contributed by atoms with Gasteiger partial charge in [0.05, 0.1) is 6.54 Å². The summed E-state index contributed by atoms with van der Waals surface area (Å²) in [5, 5.41) is 7.98. The Bertz CT molecular complexity index is 1110. The number of likely N-dealkylation sites (tertiary alicyclic amines) is 1. The van der Waals surface area contributed by atoms with Crippen molar-refractivity contribution in [2.24, 2.45) is 5.92 Å². The van der Waals surface area contributed by atoms with Gasteiger partial charge in [-0.05, 0) is 36.5 Å². The number of carbonyl (C=O) groups excluding carboxylic acids is 1. The predicted octanol–water partition coefficient (Wildman–Crippen LogP) is 2.45. The number of fused-ring (bicyclic) bond motifs is 1. The molecule has 0 spiro atoms. The van der Waals surface area contributed by atoms with E-state index in [1.807, 2.05) is 18.7 Å². The van der Waals surface area contributed by atoms with E-state index in [2.05, 4.69) is 20.3 Å². The Balaban J connectivity index is 1.54. The second-order valence-corrected chi connectivity index (χ2v) is 8.25. The van der Waals surface area contributed by atoms with Crippen molar-refractivity contribution in [2.45, 2.75) is 45.6 Å². The van der Waals surface area contributed by atoms with Gasteiger partial charge in [0.25, 0.3) is 5.56 Å². The van der Waals surface area contributed by atoms with E-state index in [0.717, 1.165) is 12.8 Å². The van der Waals surface area contributed by atoms with E-state index in [9.17, 15) is 14.0 Å². The summed E-state index contributed by atoms with van der Waals surface area (Å²) in [5.74, 6) is 0.829. The standard InChI is InChI=1S/C21H25FN6O2/c1-13(2)10-17(29)27-8-6-15(7-9-27)19-23-20-18(21(30)24-19)25-26-28(20)12-14-4-3-5-16(22)11-14/h3-5,11,13,15H,6-10,12H2,1-2H3,(H,23,24,30). The van der Waals surface area contributed by atoms with Crippen molar-refractivity contribution in [3.05, 3.63) is 51.8 Å². The molecule has 4 rings (SSSR count). The third-order valence-corrected chi connectivity index (χ3v) is 5.43. The fraction of sp³-hybridized carbons (Fsp3) is 0.476. The summed E-state index contributed by atoms with van der Waals surface area (Å²) in [6.45, 7) is 5.65. The SMILES string of the molecule is CC(C)CC(=O)N1CCC(c2nc3c(nnn3Cc3cccc(F)c3)c(=O)[nH]2)CC1. The number of hydrogen-bond donors (Lipinski definition) is 1. The van der Waals surface area contributed by atoms with Gasteiger partial charge in [-0.3, -0.25) is 9.59 Å². The van der Waals surface area contributed by atoms with Crippen LogP contribution < -0.4 is 5.56 Å². The first-order chi connectivity index (χ1) is 14.4. The fourth-order valence-corrected chi connectivity index (χ4v) is 3.87. The second kappa shape index (κ2) is 8.33. The van der Waals surface area contributed by atoms with E-state index >= 15 is 0 Å². The lowest BCUT2D eigenvalue weighted by molar-refractivity contribution is -0.133. The summed E-state index contributed by atoms with van der Waals surface area (Å²) >= 11 is 0. The fourth-order valence-electron chi connectivity index (χ4n) is 3.87. The molecule has 0 radical (unpaired) electrons. The number of nitrogens with one attached hydrogen (secondary N) is 1. The zero-order valence-electron chi connectivity index (χ0n) is 17.1. The average molecular weight is 412 g/mol. The molecule has 158 valence electrons. The van der Waals surface area contributed by atoms with Crippen LogP contribution >= 0.6 is 0 Å². The quantitative estimate of drug-likeness (QED) is 0.694. The van der Waals surface area contributed by atoms with Crippen molar-refractivity contribution < 1.29 is 9.18 Å². The van der Waals surface area contributed by atoms with E-state index in [1.165, 1.54) is 16.8 Å². The molecule has 2 aromatic heterocycles. The summed E-state index contributed by atoms with van der Waals surface area (Å²) in [6, 6.07) is 6.21. The average Bonchev–Trinajstić information content (AvgIpc) is 3.11. The molecule has 9 heteroatoms. The van der Waals surface area contributed by atoms with E-state index in [0.29, 0.717) is 42.5 Å². The maximum Gasteiger partial charge on any atom is 0.281 e. The van der Waals surface area contributed by atoms with Crippen LogP contribution in [0.15, 0.2) is 29.1 Å². The minimum atomic E-state index is -0.334. The Morgan fingerprint density at radius 3 is 2.77 bits per heavy atom. The normalized spacial score (nSPS) is 15.3. The molecule has 1 aromatic carbocycles. The predicted molar refractivity (Wildman–Crippen MR) is 109 cm³/mol. The molecule has 1 saturated heterocycles. The summed E-state index contributed by atoms with van der Waals surface area (Å²) in [5.41, 5.74) is 0.928. The number of hydrogen-bond acceptors (Lipinski definition) is 5. The minimum absolute atomic E-state index is 0.0581. The molecular weight excluding hydrogens is 387 g/mol. The van der Waals surface area contributed by atoms with Crippen LogP contribution in [0.3, 0.4) is 0 Å². The van der Waals surface area contributed by atoms with Crippen molar-refractivity contribution >= 4 is 17.1 Å². The number of piperidine rings is 1.